The average molecular weight is 226 g/mol. The highest BCUT2D eigenvalue weighted by atomic mass is 16.6. The van der Waals surface area contributed by atoms with Gasteiger partial charge in [0.25, 0.3) is 0 Å². The molecule has 4 heteroatoms. The van der Waals surface area contributed by atoms with Gasteiger partial charge in [-0.25, -0.2) is 0 Å². The summed E-state index contributed by atoms with van der Waals surface area (Å²) in [5.74, 6) is -1.77. The molecule has 1 rings (SSSR count). The molecule has 1 aliphatic carbocycles. The van der Waals surface area contributed by atoms with Gasteiger partial charge in [-0.15, -0.1) is 0 Å². The first-order valence-corrected chi connectivity index (χ1v) is 5.70. The van der Waals surface area contributed by atoms with Crippen LogP contribution < -0.4 is 0 Å². The van der Waals surface area contributed by atoms with Gasteiger partial charge in [-0.3, -0.25) is 9.59 Å². The van der Waals surface area contributed by atoms with Crippen molar-refractivity contribution in [2.75, 3.05) is 13.2 Å². The third kappa shape index (κ3) is 4.04. The van der Waals surface area contributed by atoms with Gasteiger partial charge in [-0.05, 0) is 33.1 Å². The van der Waals surface area contributed by atoms with Crippen LogP contribution in [0, 0.1) is 5.92 Å². The lowest BCUT2D eigenvalue weighted by Gasteiger charge is -2.12. The molecule has 4 nitrogen and oxygen atoms in total. The molecule has 0 aromatic carbocycles. The summed E-state index contributed by atoms with van der Waals surface area (Å²) in [6, 6.07) is 0. The summed E-state index contributed by atoms with van der Waals surface area (Å²) in [6.45, 7) is 4.01. The molecule has 0 aliphatic heterocycles. The fourth-order valence-electron chi connectivity index (χ4n) is 1.34. The highest BCUT2D eigenvalue weighted by molar-refractivity contribution is 5.95. The molecular weight excluding hydrogens is 208 g/mol. The van der Waals surface area contributed by atoms with Crippen molar-refractivity contribution in [3.63, 3.8) is 0 Å². The van der Waals surface area contributed by atoms with E-state index >= 15 is 0 Å². The molecule has 0 bridgehead atoms. The van der Waals surface area contributed by atoms with E-state index in [0.717, 1.165) is 12.8 Å². The van der Waals surface area contributed by atoms with Crippen molar-refractivity contribution in [3.05, 3.63) is 11.6 Å². The van der Waals surface area contributed by atoms with Crippen molar-refractivity contribution in [3.8, 4) is 0 Å². The van der Waals surface area contributed by atoms with Crippen LogP contribution in [0.15, 0.2) is 11.6 Å². The van der Waals surface area contributed by atoms with Crippen molar-refractivity contribution >= 4 is 11.9 Å². The second-order valence-corrected chi connectivity index (χ2v) is 3.65. The van der Waals surface area contributed by atoms with Gasteiger partial charge in [0.2, 0.25) is 0 Å². The zero-order valence-corrected chi connectivity index (χ0v) is 9.82. The van der Waals surface area contributed by atoms with Gasteiger partial charge in [-0.1, -0.05) is 11.6 Å². The summed E-state index contributed by atoms with van der Waals surface area (Å²) < 4.78 is 9.71. The molecule has 1 fully saturated rings. The van der Waals surface area contributed by atoms with Crippen LogP contribution in [0.4, 0.5) is 0 Å². The highest BCUT2D eigenvalue weighted by Gasteiger charge is 2.29. The van der Waals surface area contributed by atoms with Gasteiger partial charge >= 0.3 is 11.9 Å². The summed E-state index contributed by atoms with van der Waals surface area (Å²) in [4.78, 5) is 23.1. The molecule has 0 spiro atoms. The Bertz CT molecular complexity index is 269. The van der Waals surface area contributed by atoms with Crippen molar-refractivity contribution in [2.45, 2.75) is 33.1 Å². The Morgan fingerprint density at radius 1 is 1.19 bits per heavy atom. The van der Waals surface area contributed by atoms with Crippen LogP contribution in [0.25, 0.3) is 0 Å². The van der Waals surface area contributed by atoms with Crippen molar-refractivity contribution in [2.24, 2.45) is 5.92 Å². The van der Waals surface area contributed by atoms with Crippen LogP contribution in [-0.4, -0.2) is 25.2 Å². The van der Waals surface area contributed by atoms with Crippen molar-refractivity contribution < 1.29 is 19.1 Å². The van der Waals surface area contributed by atoms with Crippen molar-refractivity contribution in [1.29, 1.82) is 0 Å². The second-order valence-electron chi connectivity index (χ2n) is 3.65. The normalized spacial score (nSPS) is 13.6. The Hall–Kier alpha value is -1.32. The lowest BCUT2D eigenvalue weighted by Crippen LogP contribution is -2.27. The molecular formula is C12H18O4. The maximum atomic E-state index is 11.5. The third-order valence-corrected chi connectivity index (χ3v) is 2.32. The molecule has 0 amide bonds. The van der Waals surface area contributed by atoms with Crippen LogP contribution >= 0.6 is 0 Å². The predicted octanol–water partition coefficient (Wildman–Crippen LogP) is 1.84. The van der Waals surface area contributed by atoms with Crippen LogP contribution in [0.1, 0.15) is 33.1 Å². The minimum absolute atomic E-state index is 0.283. The molecule has 1 saturated carbocycles. The van der Waals surface area contributed by atoms with Crippen LogP contribution in [0.2, 0.25) is 0 Å². The Morgan fingerprint density at radius 3 is 2.06 bits per heavy atom. The Kier molecular flexibility index (Phi) is 5.02. The largest absolute Gasteiger partial charge is 0.465 e. The number of carbonyl (C=O) groups excluding carboxylic acids is 2. The van der Waals surface area contributed by atoms with Crippen LogP contribution in [0.3, 0.4) is 0 Å². The molecule has 0 N–H and O–H groups in total. The zero-order chi connectivity index (χ0) is 12.0. The van der Waals surface area contributed by atoms with E-state index in [4.69, 9.17) is 9.47 Å². The Labute approximate surface area is 95.6 Å². The molecule has 0 aromatic rings. The third-order valence-electron chi connectivity index (χ3n) is 2.32. The molecule has 0 atom stereocenters. The van der Waals surface area contributed by atoms with Crippen LogP contribution in [0.5, 0.6) is 0 Å². The second kappa shape index (κ2) is 6.30. The number of carbonyl (C=O) groups is 2. The highest BCUT2D eigenvalue weighted by Crippen LogP contribution is 2.29. The summed E-state index contributed by atoms with van der Waals surface area (Å²) in [7, 11) is 0. The van der Waals surface area contributed by atoms with E-state index < -0.39 is 17.9 Å². The molecule has 1 aliphatic rings. The first-order valence-electron chi connectivity index (χ1n) is 5.70. The number of allylic oxidation sites excluding steroid dienone is 2. The number of rotatable bonds is 6. The van der Waals surface area contributed by atoms with Gasteiger partial charge in [0.05, 0.1) is 13.2 Å². The summed E-state index contributed by atoms with van der Waals surface area (Å²) >= 11 is 0. The lowest BCUT2D eigenvalue weighted by molar-refractivity contribution is -0.161. The maximum Gasteiger partial charge on any atom is 0.320 e. The lowest BCUT2D eigenvalue weighted by atomic mass is 10.1. The molecule has 90 valence electrons. The number of hydrogen-bond donors (Lipinski definition) is 0. The van der Waals surface area contributed by atoms with Gasteiger partial charge in [0.1, 0.15) is 0 Å². The van der Waals surface area contributed by atoms with E-state index in [1.165, 1.54) is 5.57 Å². The van der Waals surface area contributed by atoms with Gasteiger partial charge in [0.15, 0.2) is 5.92 Å². The summed E-state index contributed by atoms with van der Waals surface area (Å²) in [6.07, 6.45) is 4.50. The number of esters is 2. The smallest absolute Gasteiger partial charge is 0.320 e. The SMILES string of the molecule is CCOC(=O)C(CC=C1CC1)C(=O)OCC. The van der Waals surface area contributed by atoms with E-state index in [9.17, 15) is 9.59 Å². The quantitative estimate of drug-likeness (QED) is 0.394. The first-order chi connectivity index (χ1) is 7.69. The number of hydrogen-bond acceptors (Lipinski definition) is 4. The Balaban J connectivity index is 2.55. The number of ether oxygens (including phenoxy) is 2. The standard InChI is InChI=1S/C12H18O4/c1-3-15-11(13)10(12(14)16-4-2)8-7-9-5-6-9/h7,10H,3-6,8H2,1-2H3. The minimum Gasteiger partial charge on any atom is -0.465 e. The monoisotopic (exact) mass is 226 g/mol. The maximum absolute atomic E-state index is 11.5. The van der Waals surface area contributed by atoms with Gasteiger partial charge in [-0.2, -0.15) is 0 Å². The summed E-state index contributed by atoms with van der Waals surface area (Å²) in [5.41, 5.74) is 1.30. The average Bonchev–Trinajstić information content (AvgIpc) is 3.02. The Morgan fingerprint density at radius 2 is 1.69 bits per heavy atom. The zero-order valence-electron chi connectivity index (χ0n) is 9.82. The van der Waals surface area contributed by atoms with Crippen molar-refractivity contribution in [1.82, 2.24) is 0 Å². The minimum atomic E-state index is -0.798. The molecule has 0 radical (unpaired) electrons. The van der Waals surface area contributed by atoms with E-state index in [1.807, 2.05) is 6.08 Å². The molecule has 0 heterocycles. The molecule has 16 heavy (non-hydrogen) atoms. The van der Waals surface area contributed by atoms with Gasteiger partial charge in [0, 0.05) is 0 Å². The van der Waals surface area contributed by atoms with E-state index in [-0.39, 0.29) is 13.2 Å². The molecule has 0 aromatic heterocycles. The molecule has 0 saturated heterocycles. The van der Waals surface area contributed by atoms with E-state index in [2.05, 4.69) is 0 Å². The molecule has 0 unspecified atom stereocenters. The van der Waals surface area contributed by atoms with E-state index in [1.54, 1.807) is 13.8 Å². The first kappa shape index (κ1) is 12.7. The fraction of sp³-hybridized carbons (Fsp3) is 0.667. The fourth-order valence-corrected chi connectivity index (χ4v) is 1.34. The predicted molar refractivity (Wildman–Crippen MR) is 58.7 cm³/mol. The topological polar surface area (TPSA) is 52.6 Å². The summed E-state index contributed by atoms with van der Waals surface area (Å²) in [5, 5.41) is 0. The van der Waals surface area contributed by atoms with E-state index in [0.29, 0.717) is 6.42 Å². The van der Waals surface area contributed by atoms with Gasteiger partial charge < -0.3 is 9.47 Å². The van der Waals surface area contributed by atoms with Crippen LogP contribution in [-0.2, 0) is 19.1 Å².